The second-order valence-corrected chi connectivity index (χ2v) is 10.4. The molecular weight excluding hydrogens is 528 g/mol. The van der Waals surface area contributed by atoms with E-state index in [1.54, 1.807) is 33.8 Å². The highest BCUT2D eigenvalue weighted by Gasteiger charge is 2.32. The van der Waals surface area contributed by atoms with Gasteiger partial charge in [0.2, 0.25) is 0 Å². The van der Waals surface area contributed by atoms with Gasteiger partial charge in [-0.2, -0.15) is 5.26 Å². The van der Waals surface area contributed by atoms with E-state index in [-0.39, 0.29) is 49.4 Å². The summed E-state index contributed by atoms with van der Waals surface area (Å²) in [6.07, 6.45) is 0. The third-order valence-electron chi connectivity index (χ3n) is 5.83. The van der Waals surface area contributed by atoms with E-state index in [1.165, 1.54) is 18.2 Å². The third-order valence-corrected chi connectivity index (χ3v) is 5.83. The Balaban J connectivity index is 0.000000333. The summed E-state index contributed by atoms with van der Waals surface area (Å²) in [6.45, 7) is 6.69. The minimum absolute atomic E-state index is 0.0608. The van der Waals surface area contributed by atoms with E-state index in [4.69, 9.17) is 19.3 Å². The summed E-state index contributed by atoms with van der Waals surface area (Å²) < 4.78 is 15.9. The van der Waals surface area contributed by atoms with Crippen molar-refractivity contribution in [3.63, 3.8) is 0 Å². The topological polar surface area (TPSA) is 149 Å². The number of rotatable bonds is 11. The van der Waals surface area contributed by atoms with E-state index >= 15 is 0 Å². The predicted molar refractivity (Wildman–Crippen MR) is 150 cm³/mol. The number of ether oxygens (including phenoxy) is 3. The number of nitriles is 1. The Labute approximate surface area is 239 Å². The van der Waals surface area contributed by atoms with Crippen LogP contribution in [0.4, 0.5) is 5.69 Å². The first-order valence-corrected chi connectivity index (χ1v) is 12.7. The molecule has 3 aromatic rings. The van der Waals surface area contributed by atoms with Crippen LogP contribution >= 0.6 is 0 Å². The average molecular weight is 563 g/mol. The number of aliphatic hydroxyl groups excluding tert-OH is 1. The van der Waals surface area contributed by atoms with Crippen molar-refractivity contribution in [3.05, 3.63) is 106 Å². The van der Waals surface area contributed by atoms with Crippen LogP contribution in [-0.2, 0) is 32.3 Å². The Bertz CT molecular complexity index is 1350. The Morgan fingerprint density at radius 3 is 1.76 bits per heavy atom. The quantitative estimate of drug-likeness (QED) is 0.185. The van der Waals surface area contributed by atoms with Crippen LogP contribution in [0.2, 0.25) is 0 Å². The molecular formula is C31H34N2O8. The molecule has 216 valence electrons. The maximum Gasteiger partial charge on any atom is 0.315 e. The molecule has 0 heterocycles. The van der Waals surface area contributed by atoms with Gasteiger partial charge in [-0.25, -0.2) is 0 Å². The second-order valence-electron chi connectivity index (χ2n) is 10.4. The van der Waals surface area contributed by atoms with Gasteiger partial charge in [-0.3, -0.25) is 19.7 Å². The van der Waals surface area contributed by atoms with Crippen LogP contribution in [-0.4, -0.2) is 35.2 Å². The molecule has 0 aliphatic rings. The Morgan fingerprint density at radius 1 is 0.829 bits per heavy atom. The molecule has 0 saturated carbocycles. The van der Waals surface area contributed by atoms with Crippen molar-refractivity contribution in [2.24, 2.45) is 10.8 Å². The van der Waals surface area contributed by atoms with Crippen LogP contribution in [0.3, 0.4) is 0 Å². The normalized spacial score (nSPS) is 10.8. The molecule has 1 N–H and O–H groups in total. The van der Waals surface area contributed by atoms with Gasteiger partial charge in [0.1, 0.15) is 31.6 Å². The van der Waals surface area contributed by atoms with Crippen LogP contribution in [0.15, 0.2) is 78.9 Å². The van der Waals surface area contributed by atoms with Gasteiger partial charge in [-0.1, -0.05) is 66.7 Å². The number of hydrogen-bond acceptors (Lipinski definition) is 9. The van der Waals surface area contributed by atoms with Crippen molar-refractivity contribution in [3.8, 4) is 11.8 Å². The number of benzene rings is 3. The number of carbonyl (C=O) groups is 2. The van der Waals surface area contributed by atoms with Crippen molar-refractivity contribution >= 4 is 17.6 Å². The molecule has 41 heavy (non-hydrogen) atoms. The minimum atomic E-state index is -0.994. The third kappa shape index (κ3) is 10.1. The molecule has 0 bridgehead atoms. The van der Waals surface area contributed by atoms with Crippen molar-refractivity contribution in [1.29, 1.82) is 5.26 Å². The van der Waals surface area contributed by atoms with Crippen LogP contribution in [0.1, 0.15) is 44.4 Å². The smallest absolute Gasteiger partial charge is 0.315 e. The van der Waals surface area contributed by atoms with Crippen LogP contribution in [0, 0.1) is 32.3 Å². The molecule has 0 aliphatic heterocycles. The number of nitro groups is 1. The molecule has 0 aliphatic carbocycles. The molecule has 3 aromatic carbocycles. The lowest BCUT2D eigenvalue weighted by Crippen LogP contribution is -2.33. The maximum absolute atomic E-state index is 12.3. The van der Waals surface area contributed by atoms with Crippen LogP contribution < -0.4 is 4.74 Å². The molecule has 0 spiro atoms. The first-order chi connectivity index (χ1) is 19.4. The fraction of sp³-hybridized carbons (Fsp3) is 0.323. The van der Waals surface area contributed by atoms with Gasteiger partial charge < -0.3 is 19.3 Å². The average Bonchev–Trinajstić information content (AvgIpc) is 2.98. The highest BCUT2D eigenvalue weighted by atomic mass is 16.6. The highest BCUT2D eigenvalue weighted by Crippen LogP contribution is 2.29. The lowest BCUT2D eigenvalue weighted by atomic mass is 9.95. The lowest BCUT2D eigenvalue weighted by Gasteiger charge is -2.23. The van der Waals surface area contributed by atoms with E-state index in [0.29, 0.717) is 0 Å². The Kier molecular flexibility index (Phi) is 12.0. The summed E-state index contributed by atoms with van der Waals surface area (Å²) in [6, 6.07) is 24.6. The summed E-state index contributed by atoms with van der Waals surface area (Å²) in [7, 11) is 0. The molecule has 10 heteroatoms. The molecule has 0 atom stereocenters. The maximum atomic E-state index is 12.3. The number of hydrogen-bond donors (Lipinski definition) is 1. The molecule has 3 rings (SSSR count). The first-order valence-electron chi connectivity index (χ1n) is 12.7. The standard InChI is InChI=1S/C19H18N2O5.C12H16O3/c1-19(2,18(22)25-12-14-7-4-3-5-8-14)13-26-17-10-6-9-16(21(23)24)15(17)11-20;1-12(2,9-13)11(14)15-8-10-6-4-3-5-7-10/h3-10H,12-13H2,1-2H3;3-7,13H,8-9H2,1-2H3. The van der Waals surface area contributed by atoms with Crippen molar-refractivity contribution in [2.45, 2.75) is 40.9 Å². The van der Waals surface area contributed by atoms with Gasteiger partial charge in [-0.15, -0.1) is 0 Å². The Morgan fingerprint density at radius 2 is 1.32 bits per heavy atom. The van der Waals surface area contributed by atoms with Gasteiger partial charge >= 0.3 is 11.9 Å². The number of nitro benzene ring substituents is 1. The molecule has 0 radical (unpaired) electrons. The zero-order valence-electron chi connectivity index (χ0n) is 23.5. The molecule has 0 saturated heterocycles. The second kappa shape index (κ2) is 15.1. The SMILES string of the molecule is CC(C)(CO)C(=O)OCc1ccccc1.CC(C)(COc1cccc([N+](=O)[O-])c1C#N)C(=O)OCc1ccccc1. The summed E-state index contributed by atoms with van der Waals surface area (Å²) >= 11 is 0. The van der Waals surface area contributed by atoms with Crippen molar-refractivity contribution in [2.75, 3.05) is 13.2 Å². The molecule has 10 nitrogen and oxygen atoms in total. The van der Waals surface area contributed by atoms with Crippen LogP contribution in [0.5, 0.6) is 5.75 Å². The van der Waals surface area contributed by atoms with Crippen molar-refractivity contribution in [1.82, 2.24) is 0 Å². The zero-order chi connectivity index (χ0) is 30.5. The molecule has 0 unspecified atom stereocenters. The fourth-order valence-electron chi connectivity index (χ4n) is 3.12. The van der Waals surface area contributed by atoms with E-state index in [9.17, 15) is 25.0 Å². The monoisotopic (exact) mass is 562 g/mol. The summed E-state index contributed by atoms with van der Waals surface area (Å²) in [4.78, 5) is 34.1. The number of carbonyl (C=O) groups excluding carboxylic acids is 2. The summed E-state index contributed by atoms with van der Waals surface area (Å²) in [5.74, 6) is -0.787. The fourth-order valence-corrected chi connectivity index (χ4v) is 3.12. The first kappa shape index (κ1) is 32.5. The highest BCUT2D eigenvalue weighted by molar-refractivity contribution is 5.76. The molecule has 0 fully saturated rings. The van der Waals surface area contributed by atoms with Gasteiger partial charge in [0.25, 0.3) is 5.69 Å². The molecule has 0 aromatic heterocycles. The van der Waals surface area contributed by atoms with E-state index in [2.05, 4.69) is 0 Å². The van der Waals surface area contributed by atoms with Gasteiger partial charge in [0.15, 0.2) is 5.56 Å². The van der Waals surface area contributed by atoms with E-state index in [1.807, 2.05) is 60.7 Å². The lowest BCUT2D eigenvalue weighted by molar-refractivity contribution is -0.385. The van der Waals surface area contributed by atoms with Gasteiger partial charge in [0, 0.05) is 6.07 Å². The largest absolute Gasteiger partial charge is 0.491 e. The number of aliphatic hydroxyl groups is 1. The number of esters is 2. The van der Waals surface area contributed by atoms with Crippen LogP contribution in [0.25, 0.3) is 0 Å². The molecule has 0 amide bonds. The van der Waals surface area contributed by atoms with E-state index < -0.39 is 21.7 Å². The van der Waals surface area contributed by atoms with Crippen molar-refractivity contribution < 1.29 is 33.8 Å². The van der Waals surface area contributed by atoms with E-state index in [0.717, 1.165) is 11.1 Å². The number of nitrogens with zero attached hydrogens (tertiary/aromatic N) is 2. The van der Waals surface area contributed by atoms with Gasteiger partial charge in [-0.05, 0) is 44.9 Å². The summed E-state index contributed by atoms with van der Waals surface area (Å²) in [5.41, 5.74) is -0.524. The summed E-state index contributed by atoms with van der Waals surface area (Å²) in [5, 5.41) is 29.1. The minimum Gasteiger partial charge on any atom is -0.491 e. The predicted octanol–water partition coefficient (Wildman–Crippen LogP) is 5.36. The Hall–Kier alpha value is -4.75. The van der Waals surface area contributed by atoms with Gasteiger partial charge in [0.05, 0.1) is 22.4 Å². The zero-order valence-corrected chi connectivity index (χ0v) is 23.5.